The fraction of sp³-hybridized carbons (Fsp3) is 0.467. The first-order valence-electron chi connectivity index (χ1n) is 6.60. The molecule has 0 saturated heterocycles. The van der Waals surface area contributed by atoms with E-state index in [0.717, 1.165) is 5.56 Å². The van der Waals surface area contributed by atoms with Gasteiger partial charge in [0.2, 0.25) is 0 Å². The minimum atomic E-state index is -0.868. The van der Waals surface area contributed by atoms with Crippen LogP contribution in [0.5, 0.6) is 5.75 Å². The summed E-state index contributed by atoms with van der Waals surface area (Å²) in [6, 6.07) is 5.14. The van der Waals surface area contributed by atoms with Crippen LogP contribution in [-0.2, 0) is 16.0 Å². The van der Waals surface area contributed by atoms with E-state index < -0.39 is 17.7 Å². The Hall–Kier alpha value is -2.24. The number of hydrogen-bond donors (Lipinski definition) is 2. The van der Waals surface area contributed by atoms with Gasteiger partial charge in [-0.25, -0.2) is 4.79 Å². The van der Waals surface area contributed by atoms with E-state index in [2.05, 4.69) is 5.32 Å². The summed E-state index contributed by atoms with van der Waals surface area (Å²) in [6.07, 6.45) is -0.184. The van der Waals surface area contributed by atoms with Crippen molar-refractivity contribution in [3.63, 3.8) is 0 Å². The van der Waals surface area contributed by atoms with Gasteiger partial charge >= 0.3 is 12.1 Å². The number of carboxylic acid groups (broad SMARTS) is 1. The number of aryl methyl sites for hydroxylation is 1. The van der Waals surface area contributed by atoms with Gasteiger partial charge in [0.1, 0.15) is 11.4 Å². The number of amides is 1. The van der Waals surface area contributed by atoms with Crippen molar-refractivity contribution in [1.82, 2.24) is 0 Å². The number of rotatable bonds is 5. The second kappa shape index (κ2) is 6.97. The Kier molecular flexibility index (Phi) is 5.58. The summed E-state index contributed by atoms with van der Waals surface area (Å²) in [5.74, 6) is -0.382. The molecule has 0 bridgehead atoms. The van der Waals surface area contributed by atoms with Crippen LogP contribution in [0.2, 0.25) is 0 Å². The predicted molar refractivity (Wildman–Crippen MR) is 78.8 cm³/mol. The number of carbonyl (C=O) groups is 2. The molecule has 1 rings (SSSR count). The maximum Gasteiger partial charge on any atom is 0.412 e. The van der Waals surface area contributed by atoms with Gasteiger partial charge in [-0.1, -0.05) is 6.07 Å². The first-order chi connectivity index (χ1) is 9.71. The molecule has 116 valence electrons. The van der Waals surface area contributed by atoms with E-state index in [0.29, 0.717) is 17.9 Å². The van der Waals surface area contributed by atoms with Gasteiger partial charge < -0.3 is 14.6 Å². The van der Waals surface area contributed by atoms with Crippen molar-refractivity contribution in [2.75, 3.05) is 12.4 Å². The van der Waals surface area contributed by atoms with Gasteiger partial charge in [-0.15, -0.1) is 0 Å². The van der Waals surface area contributed by atoms with E-state index in [1.165, 1.54) is 7.11 Å². The zero-order valence-electron chi connectivity index (χ0n) is 12.7. The number of aliphatic carboxylic acids is 1. The topological polar surface area (TPSA) is 84.9 Å². The lowest BCUT2D eigenvalue weighted by atomic mass is 10.1. The number of carboxylic acids is 1. The maximum absolute atomic E-state index is 11.8. The first kappa shape index (κ1) is 16.8. The van der Waals surface area contributed by atoms with Crippen molar-refractivity contribution in [1.29, 1.82) is 0 Å². The summed E-state index contributed by atoms with van der Waals surface area (Å²) in [7, 11) is 1.49. The average Bonchev–Trinajstić information content (AvgIpc) is 2.34. The highest BCUT2D eigenvalue weighted by Crippen LogP contribution is 2.26. The molecule has 0 aliphatic carbocycles. The molecular formula is C15H21NO5. The quantitative estimate of drug-likeness (QED) is 0.872. The molecule has 0 unspecified atom stereocenters. The van der Waals surface area contributed by atoms with Crippen molar-refractivity contribution in [3.05, 3.63) is 23.8 Å². The van der Waals surface area contributed by atoms with Crippen LogP contribution in [0.15, 0.2) is 18.2 Å². The molecular weight excluding hydrogens is 274 g/mol. The normalized spacial score (nSPS) is 10.9. The van der Waals surface area contributed by atoms with Crippen molar-refractivity contribution in [2.45, 2.75) is 39.2 Å². The van der Waals surface area contributed by atoms with Gasteiger partial charge in [0.05, 0.1) is 12.8 Å². The van der Waals surface area contributed by atoms with Crippen molar-refractivity contribution >= 4 is 17.7 Å². The standard InChI is InChI=1S/C15H21NO5/c1-15(2,3)21-14(19)16-11-9-10(6-8-13(17)18)5-7-12(11)20-4/h5,7,9H,6,8H2,1-4H3,(H,16,19)(H,17,18). The Bertz CT molecular complexity index is 519. The molecule has 0 aromatic heterocycles. The molecule has 6 heteroatoms. The molecule has 0 aliphatic rings. The number of hydrogen-bond acceptors (Lipinski definition) is 4. The van der Waals surface area contributed by atoms with Crippen molar-refractivity contribution < 1.29 is 24.2 Å². The summed E-state index contributed by atoms with van der Waals surface area (Å²) in [5.41, 5.74) is 0.650. The highest BCUT2D eigenvalue weighted by molar-refractivity contribution is 5.87. The number of carbonyl (C=O) groups excluding carboxylic acids is 1. The predicted octanol–water partition coefficient (Wildman–Crippen LogP) is 3.06. The molecule has 0 aliphatic heterocycles. The number of nitrogens with one attached hydrogen (secondary N) is 1. The highest BCUT2D eigenvalue weighted by Gasteiger charge is 2.17. The second-order valence-electron chi connectivity index (χ2n) is 5.56. The van der Waals surface area contributed by atoms with E-state index in [4.69, 9.17) is 14.6 Å². The smallest absolute Gasteiger partial charge is 0.412 e. The third kappa shape index (κ3) is 6.16. The van der Waals surface area contributed by atoms with Crippen molar-refractivity contribution in [3.8, 4) is 5.75 Å². The lowest BCUT2D eigenvalue weighted by molar-refractivity contribution is -0.136. The third-order valence-corrected chi connectivity index (χ3v) is 2.53. The fourth-order valence-electron chi connectivity index (χ4n) is 1.67. The van der Waals surface area contributed by atoms with Crippen LogP contribution in [0, 0.1) is 0 Å². The van der Waals surface area contributed by atoms with E-state index in [9.17, 15) is 9.59 Å². The molecule has 2 N–H and O–H groups in total. The summed E-state index contributed by atoms with van der Waals surface area (Å²) in [4.78, 5) is 22.4. The molecule has 1 amide bonds. The zero-order valence-corrected chi connectivity index (χ0v) is 12.7. The Labute approximate surface area is 124 Å². The molecule has 0 spiro atoms. The molecule has 0 heterocycles. The van der Waals surface area contributed by atoms with Crippen LogP contribution >= 0.6 is 0 Å². The number of ether oxygens (including phenoxy) is 2. The van der Waals surface area contributed by atoms with Crippen LogP contribution in [-0.4, -0.2) is 29.9 Å². The lowest BCUT2D eigenvalue weighted by Crippen LogP contribution is -2.27. The Morgan fingerprint density at radius 1 is 1.29 bits per heavy atom. The van der Waals surface area contributed by atoms with Gasteiger partial charge in [0, 0.05) is 6.42 Å². The fourth-order valence-corrected chi connectivity index (χ4v) is 1.67. The van der Waals surface area contributed by atoms with E-state index in [1.54, 1.807) is 39.0 Å². The van der Waals surface area contributed by atoms with Gasteiger partial charge in [0.15, 0.2) is 0 Å². The summed E-state index contributed by atoms with van der Waals surface area (Å²) in [6.45, 7) is 5.31. The number of anilines is 1. The zero-order chi connectivity index (χ0) is 16.0. The summed E-state index contributed by atoms with van der Waals surface area (Å²) < 4.78 is 10.3. The molecule has 1 aromatic rings. The molecule has 0 radical (unpaired) electrons. The molecule has 6 nitrogen and oxygen atoms in total. The van der Waals surface area contributed by atoms with Crippen LogP contribution < -0.4 is 10.1 Å². The lowest BCUT2D eigenvalue weighted by Gasteiger charge is -2.20. The Morgan fingerprint density at radius 2 is 1.95 bits per heavy atom. The average molecular weight is 295 g/mol. The van der Waals surface area contributed by atoms with E-state index in [1.807, 2.05) is 0 Å². The van der Waals surface area contributed by atoms with Gasteiger partial charge in [-0.3, -0.25) is 10.1 Å². The molecule has 0 atom stereocenters. The highest BCUT2D eigenvalue weighted by atomic mass is 16.6. The van der Waals surface area contributed by atoms with Crippen molar-refractivity contribution in [2.24, 2.45) is 0 Å². The van der Waals surface area contributed by atoms with Crippen LogP contribution in [0.25, 0.3) is 0 Å². The molecule has 1 aromatic carbocycles. The minimum absolute atomic E-state index is 0.0260. The maximum atomic E-state index is 11.8. The minimum Gasteiger partial charge on any atom is -0.495 e. The third-order valence-electron chi connectivity index (χ3n) is 2.53. The second-order valence-corrected chi connectivity index (χ2v) is 5.56. The number of methoxy groups -OCH3 is 1. The Balaban J connectivity index is 2.85. The van der Waals surface area contributed by atoms with Crippen LogP contribution in [0.4, 0.5) is 10.5 Å². The van der Waals surface area contributed by atoms with Gasteiger partial charge in [-0.05, 0) is 44.9 Å². The summed E-state index contributed by atoms with van der Waals surface area (Å²) in [5, 5.41) is 11.3. The van der Waals surface area contributed by atoms with E-state index >= 15 is 0 Å². The van der Waals surface area contributed by atoms with Gasteiger partial charge in [0.25, 0.3) is 0 Å². The monoisotopic (exact) mass is 295 g/mol. The Morgan fingerprint density at radius 3 is 2.48 bits per heavy atom. The summed E-state index contributed by atoms with van der Waals surface area (Å²) >= 11 is 0. The van der Waals surface area contributed by atoms with Crippen LogP contribution in [0.1, 0.15) is 32.8 Å². The first-order valence-corrected chi connectivity index (χ1v) is 6.60. The number of benzene rings is 1. The van der Waals surface area contributed by atoms with E-state index in [-0.39, 0.29) is 6.42 Å². The molecule has 0 fully saturated rings. The van der Waals surface area contributed by atoms with Crippen LogP contribution in [0.3, 0.4) is 0 Å². The molecule has 21 heavy (non-hydrogen) atoms. The molecule has 0 saturated carbocycles. The SMILES string of the molecule is COc1ccc(CCC(=O)O)cc1NC(=O)OC(C)(C)C. The largest absolute Gasteiger partial charge is 0.495 e. The van der Waals surface area contributed by atoms with Gasteiger partial charge in [-0.2, -0.15) is 0 Å².